The first-order chi connectivity index (χ1) is 13.5. The summed E-state index contributed by atoms with van der Waals surface area (Å²) in [5.41, 5.74) is 8.22. The molecule has 0 bridgehead atoms. The third kappa shape index (κ3) is 3.78. The molecule has 1 heterocycles. The van der Waals surface area contributed by atoms with Crippen LogP contribution in [0.15, 0.2) is 54.6 Å². The average Bonchev–Trinajstić information content (AvgIpc) is 3.50. The minimum absolute atomic E-state index is 0.0529. The van der Waals surface area contributed by atoms with Crippen LogP contribution in [0, 0.1) is 6.92 Å². The summed E-state index contributed by atoms with van der Waals surface area (Å²) >= 11 is 0. The molecule has 0 saturated heterocycles. The van der Waals surface area contributed by atoms with Crippen LogP contribution < -0.4 is 11.1 Å². The van der Waals surface area contributed by atoms with Gasteiger partial charge >= 0.3 is 5.97 Å². The highest BCUT2D eigenvalue weighted by Crippen LogP contribution is 2.49. The number of anilines is 3. The maximum Gasteiger partial charge on any atom is 0.317 e. The van der Waals surface area contributed by atoms with Crippen molar-refractivity contribution >= 4 is 23.6 Å². The van der Waals surface area contributed by atoms with Crippen molar-refractivity contribution in [3.63, 3.8) is 0 Å². The van der Waals surface area contributed by atoms with E-state index in [9.17, 15) is 4.79 Å². The van der Waals surface area contributed by atoms with Crippen molar-refractivity contribution < 1.29 is 9.53 Å². The molecule has 1 saturated carbocycles. The lowest BCUT2D eigenvalue weighted by molar-refractivity contribution is -0.148. The van der Waals surface area contributed by atoms with Gasteiger partial charge in [0, 0.05) is 5.69 Å². The van der Waals surface area contributed by atoms with E-state index in [4.69, 9.17) is 10.5 Å². The SMILES string of the molecule is Cc1ccc(Nc2nc(N)nc(COC(=O)C3(c4ccccc4)CC3)n2)cc1. The van der Waals surface area contributed by atoms with Gasteiger partial charge in [-0.15, -0.1) is 0 Å². The van der Waals surface area contributed by atoms with Crippen molar-refractivity contribution in [2.45, 2.75) is 31.8 Å². The second kappa shape index (κ2) is 7.26. The van der Waals surface area contributed by atoms with Crippen molar-refractivity contribution in [1.29, 1.82) is 0 Å². The fourth-order valence-electron chi connectivity index (χ4n) is 3.09. The number of hydrogen-bond donors (Lipinski definition) is 2. The summed E-state index contributed by atoms with van der Waals surface area (Å²) in [5, 5.41) is 3.09. The van der Waals surface area contributed by atoms with Crippen LogP contribution in [0.5, 0.6) is 0 Å². The van der Waals surface area contributed by atoms with Gasteiger partial charge in [-0.1, -0.05) is 48.0 Å². The minimum atomic E-state index is -0.539. The lowest BCUT2D eigenvalue weighted by atomic mass is 9.96. The van der Waals surface area contributed by atoms with E-state index >= 15 is 0 Å². The summed E-state index contributed by atoms with van der Waals surface area (Å²) < 4.78 is 5.51. The number of nitrogens with two attached hydrogens (primary N) is 1. The summed E-state index contributed by atoms with van der Waals surface area (Å²) in [5.74, 6) is 0.427. The van der Waals surface area contributed by atoms with Gasteiger partial charge in [0.25, 0.3) is 0 Å². The molecule has 1 aliphatic carbocycles. The molecule has 1 fully saturated rings. The molecule has 0 aliphatic heterocycles. The molecule has 4 rings (SSSR count). The van der Waals surface area contributed by atoms with Crippen molar-refractivity contribution in [3.05, 3.63) is 71.5 Å². The highest BCUT2D eigenvalue weighted by atomic mass is 16.5. The van der Waals surface area contributed by atoms with Gasteiger partial charge in [0.1, 0.15) is 0 Å². The van der Waals surface area contributed by atoms with Gasteiger partial charge in [-0.25, -0.2) is 0 Å². The Morgan fingerprint density at radius 2 is 1.79 bits per heavy atom. The quantitative estimate of drug-likeness (QED) is 0.637. The topological polar surface area (TPSA) is 103 Å². The Morgan fingerprint density at radius 1 is 1.07 bits per heavy atom. The lowest BCUT2D eigenvalue weighted by Gasteiger charge is -2.14. The Labute approximate surface area is 163 Å². The first-order valence-corrected chi connectivity index (χ1v) is 9.12. The third-order valence-corrected chi connectivity index (χ3v) is 4.81. The number of nitrogens with one attached hydrogen (secondary N) is 1. The minimum Gasteiger partial charge on any atom is -0.457 e. The van der Waals surface area contributed by atoms with Gasteiger partial charge in [0.2, 0.25) is 11.9 Å². The fraction of sp³-hybridized carbons (Fsp3) is 0.238. The lowest BCUT2D eigenvalue weighted by Crippen LogP contribution is -2.23. The van der Waals surface area contributed by atoms with E-state index in [0.29, 0.717) is 11.8 Å². The molecule has 0 spiro atoms. The van der Waals surface area contributed by atoms with E-state index < -0.39 is 5.41 Å². The van der Waals surface area contributed by atoms with Crippen molar-refractivity contribution in [1.82, 2.24) is 15.0 Å². The van der Waals surface area contributed by atoms with Crippen LogP contribution in [-0.2, 0) is 21.6 Å². The zero-order valence-electron chi connectivity index (χ0n) is 15.6. The van der Waals surface area contributed by atoms with Crippen molar-refractivity contribution in [2.75, 3.05) is 11.1 Å². The van der Waals surface area contributed by atoms with Crippen LogP contribution in [0.4, 0.5) is 17.6 Å². The van der Waals surface area contributed by atoms with Crippen LogP contribution >= 0.6 is 0 Å². The first-order valence-electron chi connectivity index (χ1n) is 9.12. The van der Waals surface area contributed by atoms with Gasteiger partial charge in [-0.2, -0.15) is 15.0 Å². The molecule has 142 valence electrons. The molecule has 0 radical (unpaired) electrons. The fourth-order valence-corrected chi connectivity index (χ4v) is 3.09. The Morgan fingerprint density at radius 3 is 2.46 bits per heavy atom. The number of benzene rings is 2. The number of nitrogens with zero attached hydrogens (tertiary/aromatic N) is 3. The van der Waals surface area contributed by atoms with Crippen LogP contribution in [0.2, 0.25) is 0 Å². The molecule has 0 atom stereocenters. The monoisotopic (exact) mass is 375 g/mol. The van der Waals surface area contributed by atoms with Crippen LogP contribution in [0.1, 0.15) is 29.8 Å². The number of esters is 1. The molecule has 3 N–H and O–H groups in total. The largest absolute Gasteiger partial charge is 0.457 e. The predicted molar refractivity (Wildman–Crippen MR) is 106 cm³/mol. The highest BCUT2D eigenvalue weighted by molar-refractivity contribution is 5.86. The van der Waals surface area contributed by atoms with Gasteiger partial charge in [0.15, 0.2) is 12.4 Å². The highest BCUT2D eigenvalue weighted by Gasteiger charge is 2.52. The van der Waals surface area contributed by atoms with Gasteiger partial charge in [-0.05, 0) is 37.5 Å². The molecular weight excluding hydrogens is 354 g/mol. The number of nitrogen functional groups attached to an aromatic ring is 1. The Hall–Kier alpha value is -3.48. The number of hydrogen-bond acceptors (Lipinski definition) is 7. The van der Waals surface area contributed by atoms with Crippen LogP contribution in [-0.4, -0.2) is 20.9 Å². The van der Waals surface area contributed by atoms with E-state index in [-0.39, 0.29) is 18.5 Å². The zero-order valence-corrected chi connectivity index (χ0v) is 15.6. The predicted octanol–water partition coefficient (Wildman–Crippen LogP) is 3.28. The average molecular weight is 375 g/mol. The molecular formula is C21H21N5O2. The maximum atomic E-state index is 12.7. The summed E-state index contributed by atoms with van der Waals surface area (Å²) in [6.07, 6.45) is 1.57. The summed E-state index contributed by atoms with van der Waals surface area (Å²) in [7, 11) is 0. The molecule has 2 aromatic carbocycles. The molecule has 3 aromatic rings. The molecule has 28 heavy (non-hydrogen) atoms. The number of aromatic nitrogens is 3. The second-order valence-corrected chi connectivity index (χ2v) is 6.95. The van der Waals surface area contributed by atoms with E-state index in [1.54, 1.807) is 0 Å². The number of aryl methyl sites for hydroxylation is 1. The van der Waals surface area contributed by atoms with E-state index in [2.05, 4.69) is 20.3 Å². The zero-order chi connectivity index (χ0) is 19.6. The standard InChI is InChI=1S/C21H21N5O2/c1-14-7-9-16(10-8-14)23-20-25-17(24-19(22)26-20)13-28-18(27)21(11-12-21)15-5-3-2-4-6-15/h2-10H,11-13H2,1H3,(H3,22,23,24,25,26). The summed E-state index contributed by atoms with van der Waals surface area (Å²) in [6, 6.07) is 17.5. The molecule has 0 unspecified atom stereocenters. The second-order valence-electron chi connectivity index (χ2n) is 6.95. The number of carbonyl (C=O) groups is 1. The van der Waals surface area contributed by atoms with Gasteiger partial charge < -0.3 is 15.8 Å². The number of carbonyl (C=O) groups excluding carboxylic acids is 1. The number of rotatable bonds is 6. The Balaban J connectivity index is 1.44. The van der Waals surface area contributed by atoms with Gasteiger partial charge in [0.05, 0.1) is 5.41 Å². The van der Waals surface area contributed by atoms with Crippen LogP contribution in [0.3, 0.4) is 0 Å². The van der Waals surface area contributed by atoms with E-state index in [1.165, 1.54) is 0 Å². The van der Waals surface area contributed by atoms with E-state index in [1.807, 2.05) is 61.5 Å². The van der Waals surface area contributed by atoms with E-state index in [0.717, 1.165) is 29.7 Å². The Kier molecular flexibility index (Phi) is 4.65. The maximum absolute atomic E-state index is 12.7. The van der Waals surface area contributed by atoms with Gasteiger partial charge in [-0.3, -0.25) is 4.79 Å². The smallest absolute Gasteiger partial charge is 0.317 e. The first kappa shape index (κ1) is 17.9. The van der Waals surface area contributed by atoms with Crippen molar-refractivity contribution in [2.24, 2.45) is 0 Å². The molecule has 7 nitrogen and oxygen atoms in total. The Bertz CT molecular complexity index is 985. The molecule has 7 heteroatoms. The molecule has 1 aromatic heterocycles. The normalized spacial score (nSPS) is 14.3. The van der Waals surface area contributed by atoms with Crippen LogP contribution in [0.25, 0.3) is 0 Å². The summed E-state index contributed by atoms with van der Waals surface area (Å²) in [4.78, 5) is 25.1. The molecule has 0 amide bonds. The third-order valence-electron chi connectivity index (χ3n) is 4.81. The number of ether oxygens (including phenoxy) is 1. The summed E-state index contributed by atoms with van der Waals surface area (Å²) in [6.45, 7) is 1.96. The van der Waals surface area contributed by atoms with Crippen molar-refractivity contribution in [3.8, 4) is 0 Å². The molecule has 1 aliphatic rings.